The van der Waals surface area contributed by atoms with Gasteiger partial charge in [-0.15, -0.1) is 11.3 Å². The van der Waals surface area contributed by atoms with E-state index >= 15 is 0 Å². The van der Waals surface area contributed by atoms with Crippen molar-refractivity contribution in [3.8, 4) is 10.6 Å². The van der Waals surface area contributed by atoms with Crippen LogP contribution < -0.4 is 5.32 Å². The highest BCUT2D eigenvalue weighted by molar-refractivity contribution is 7.13. The molecule has 1 amide bonds. The minimum atomic E-state index is -0.0904. The van der Waals surface area contributed by atoms with Crippen molar-refractivity contribution in [3.63, 3.8) is 0 Å². The molecule has 0 saturated carbocycles. The highest BCUT2D eigenvalue weighted by Gasteiger charge is 2.12. The van der Waals surface area contributed by atoms with Gasteiger partial charge in [-0.1, -0.05) is 54.9 Å². The number of nitrogens with zero attached hydrogens (tertiary/aromatic N) is 3. The maximum absolute atomic E-state index is 12.4. The fourth-order valence-corrected chi connectivity index (χ4v) is 3.94. The van der Waals surface area contributed by atoms with Crippen molar-refractivity contribution in [2.75, 3.05) is 5.32 Å². The number of benzene rings is 2. The predicted octanol–water partition coefficient (Wildman–Crippen LogP) is 5.40. The highest BCUT2D eigenvalue weighted by Crippen LogP contribution is 2.25. The number of carbonyl (C=O) groups excluding carboxylic acids is 1. The van der Waals surface area contributed by atoms with E-state index in [1.54, 1.807) is 11.3 Å². The second-order valence-corrected chi connectivity index (χ2v) is 8.67. The van der Waals surface area contributed by atoms with Gasteiger partial charge in [0.2, 0.25) is 11.8 Å². The Morgan fingerprint density at radius 3 is 2.65 bits per heavy atom. The molecule has 4 rings (SSSR count). The zero-order chi connectivity index (χ0) is 21.8. The summed E-state index contributed by atoms with van der Waals surface area (Å²) in [7, 11) is 0. The lowest BCUT2D eigenvalue weighted by Gasteiger charge is -2.05. The van der Waals surface area contributed by atoms with Crippen LogP contribution >= 0.6 is 11.3 Å². The van der Waals surface area contributed by atoms with Crippen LogP contribution in [0.2, 0.25) is 0 Å². The van der Waals surface area contributed by atoms with E-state index < -0.39 is 0 Å². The van der Waals surface area contributed by atoms with Crippen LogP contribution in [0.15, 0.2) is 58.4 Å². The molecule has 0 bridgehead atoms. The van der Waals surface area contributed by atoms with E-state index in [1.165, 1.54) is 5.56 Å². The lowest BCUT2D eigenvalue weighted by Crippen LogP contribution is -2.14. The van der Waals surface area contributed by atoms with Crippen LogP contribution in [0.1, 0.15) is 48.3 Å². The number of amides is 1. The summed E-state index contributed by atoms with van der Waals surface area (Å²) in [4.78, 5) is 21.5. The van der Waals surface area contributed by atoms with E-state index in [0.29, 0.717) is 18.1 Å². The van der Waals surface area contributed by atoms with Crippen LogP contribution in [0.5, 0.6) is 0 Å². The van der Waals surface area contributed by atoms with E-state index in [1.807, 2.05) is 55.6 Å². The van der Waals surface area contributed by atoms with Crippen molar-refractivity contribution in [2.45, 2.75) is 39.5 Å². The summed E-state index contributed by atoms with van der Waals surface area (Å²) in [6.45, 7) is 6.12. The topological polar surface area (TPSA) is 80.9 Å². The van der Waals surface area contributed by atoms with Crippen LogP contribution in [0.3, 0.4) is 0 Å². The van der Waals surface area contributed by atoms with Gasteiger partial charge in [-0.2, -0.15) is 4.98 Å². The fourth-order valence-electron chi connectivity index (χ4n) is 3.12. The number of rotatable bonds is 7. The summed E-state index contributed by atoms with van der Waals surface area (Å²) in [5.41, 5.74) is 4.83. The Labute approximate surface area is 185 Å². The Morgan fingerprint density at radius 2 is 1.94 bits per heavy atom. The van der Waals surface area contributed by atoms with Gasteiger partial charge in [0.05, 0.1) is 18.5 Å². The molecule has 2 heterocycles. The van der Waals surface area contributed by atoms with Crippen molar-refractivity contribution < 1.29 is 9.32 Å². The summed E-state index contributed by atoms with van der Waals surface area (Å²) in [5.74, 6) is 1.45. The summed E-state index contributed by atoms with van der Waals surface area (Å²) < 4.78 is 5.29. The molecule has 6 nitrogen and oxygen atoms in total. The first-order valence-electron chi connectivity index (χ1n) is 10.2. The molecule has 0 spiro atoms. The Bertz CT molecular complexity index is 1180. The third-order valence-electron chi connectivity index (χ3n) is 4.75. The summed E-state index contributed by atoms with van der Waals surface area (Å²) >= 11 is 1.55. The number of carbonyl (C=O) groups is 1. The van der Waals surface area contributed by atoms with Crippen molar-refractivity contribution in [3.05, 3.63) is 82.4 Å². The Morgan fingerprint density at radius 1 is 1.13 bits per heavy atom. The molecule has 0 saturated heterocycles. The van der Waals surface area contributed by atoms with E-state index in [-0.39, 0.29) is 18.2 Å². The first-order chi connectivity index (χ1) is 15.0. The summed E-state index contributed by atoms with van der Waals surface area (Å²) in [6, 6.07) is 15.9. The maximum atomic E-state index is 12.4. The van der Waals surface area contributed by atoms with Crippen molar-refractivity contribution >= 4 is 22.9 Å². The van der Waals surface area contributed by atoms with Crippen LogP contribution in [0.4, 0.5) is 5.69 Å². The van der Waals surface area contributed by atoms with Gasteiger partial charge in [0.15, 0.2) is 5.82 Å². The largest absolute Gasteiger partial charge is 0.339 e. The molecule has 2 aromatic carbocycles. The Hall–Kier alpha value is -3.32. The standard InChI is InChI=1S/C24H24N4O2S/c1-15(2)23-27-22(30-28-23)12-17-7-9-19(10-8-17)25-21(29)13-20-14-31-24(26-20)18-6-4-5-16(3)11-18/h4-11,14-15H,12-13H2,1-3H3,(H,25,29). The van der Waals surface area contributed by atoms with E-state index in [0.717, 1.165) is 27.5 Å². The van der Waals surface area contributed by atoms with Crippen LogP contribution in [-0.2, 0) is 17.6 Å². The van der Waals surface area contributed by atoms with Crippen LogP contribution in [0, 0.1) is 6.92 Å². The molecule has 1 N–H and O–H groups in total. The zero-order valence-electron chi connectivity index (χ0n) is 17.8. The van der Waals surface area contributed by atoms with E-state index in [2.05, 4.69) is 39.5 Å². The van der Waals surface area contributed by atoms with Gasteiger partial charge in [0, 0.05) is 22.5 Å². The van der Waals surface area contributed by atoms with Crippen molar-refractivity contribution in [1.82, 2.24) is 15.1 Å². The third kappa shape index (κ3) is 5.44. The molecule has 0 aliphatic carbocycles. The fraction of sp³-hybridized carbons (Fsp3) is 0.250. The van der Waals surface area contributed by atoms with Crippen LogP contribution in [-0.4, -0.2) is 21.0 Å². The molecule has 4 aromatic rings. The maximum Gasteiger partial charge on any atom is 0.231 e. The molecule has 0 aliphatic heterocycles. The summed E-state index contributed by atoms with van der Waals surface area (Å²) in [6.07, 6.45) is 0.804. The van der Waals surface area contributed by atoms with Crippen molar-refractivity contribution in [2.24, 2.45) is 0 Å². The number of nitrogens with one attached hydrogen (secondary N) is 1. The first-order valence-corrected chi connectivity index (χ1v) is 11.1. The number of hydrogen-bond acceptors (Lipinski definition) is 6. The molecule has 31 heavy (non-hydrogen) atoms. The number of anilines is 1. The monoisotopic (exact) mass is 432 g/mol. The molecule has 0 aliphatic rings. The van der Waals surface area contributed by atoms with Gasteiger partial charge in [-0.25, -0.2) is 4.98 Å². The second kappa shape index (κ2) is 9.22. The molecule has 2 aromatic heterocycles. The lowest BCUT2D eigenvalue weighted by atomic mass is 10.1. The quantitative estimate of drug-likeness (QED) is 0.423. The average Bonchev–Trinajstić information content (AvgIpc) is 3.39. The van der Waals surface area contributed by atoms with E-state index in [4.69, 9.17) is 4.52 Å². The second-order valence-electron chi connectivity index (χ2n) is 7.81. The lowest BCUT2D eigenvalue weighted by molar-refractivity contribution is -0.115. The number of hydrogen-bond donors (Lipinski definition) is 1. The normalized spacial score (nSPS) is 11.1. The predicted molar refractivity (Wildman–Crippen MR) is 122 cm³/mol. The Balaban J connectivity index is 1.33. The molecule has 0 fully saturated rings. The molecule has 158 valence electrons. The van der Waals surface area contributed by atoms with Crippen molar-refractivity contribution in [1.29, 1.82) is 0 Å². The van der Waals surface area contributed by atoms with Gasteiger partial charge >= 0.3 is 0 Å². The van der Waals surface area contributed by atoms with Gasteiger partial charge in [-0.3, -0.25) is 4.79 Å². The number of aromatic nitrogens is 3. The highest BCUT2D eigenvalue weighted by atomic mass is 32.1. The first kappa shape index (κ1) is 20.9. The number of aryl methyl sites for hydroxylation is 1. The molecule has 0 atom stereocenters. The Kier molecular flexibility index (Phi) is 6.23. The third-order valence-corrected chi connectivity index (χ3v) is 5.69. The van der Waals surface area contributed by atoms with Gasteiger partial charge in [0.25, 0.3) is 0 Å². The molecule has 0 radical (unpaired) electrons. The van der Waals surface area contributed by atoms with Gasteiger partial charge in [0.1, 0.15) is 5.01 Å². The molecular formula is C24H24N4O2S. The van der Waals surface area contributed by atoms with E-state index in [9.17, 15) is 4.79 Å². The summed E-state index contributed by atoms with van der Waals surface area (Å²) in [5, 5.41) is 9.79. The molecule has 0 unspecified atom stereocenters. The van der Waals surface area contributed by atoms with Crippen LogP contribution in [0.25, 0.3) is 10.6 Å². The minimum Gasteiger partial charge on any atom is -0.339 e. The zero-order valence-corrected chi connectivity index (χ0v) is 18.6. The molecular weight excluding hydrogens is 408 g/mol. The average molecular weight is 433 g/mol. The SMILES string of the molecule is Cc1cccc(-c2nc(CC(=O)Nc3ccc(Cc4nc(C(C)C)no4)cc3)cs2)c1. The smallest absolute Gasteiger partial charge is 0.231 e. The molecule has 7 heteroatoms. The van der Waals surface area contributed by atoms with Gasteiger partial charge in [-0.05, 0) is 30.7 Å². The number of thiazole rings is 1. The minimum absolute atomic E-state index is 0.0904. The van der Waals surface area contributed by atoms with Gasteiger partial charge < -0.3 is 9.84 Å².